The first kappa shape index (κ1) is 14.1. The molecule has 0 spiro atoms. The number of rotatable bonds is 7. The summed E-state index contributed by atoms with van der Waals surface area (Å²) in [4.78, 5) is 2.12. The largest absolute Gasteiger partial charge is 0.492 e. The summed E-state index contributed by atoms with van der Waals surface area (Å²) < 4.78 is 11.4. The molecule has 1 aliphatic rings. The number of aromatic nitrogens is 2. The third kappa shape index (κ3) is 4.04. The highest BCUT2D eigenvalue weighted by Crippen LogP contribution is 2.39. The number of ether oxygens (including phenoxy) is 1. The van der Waals surface area contributed by atoms with E-state index in [1.165, 1.54) is 18.4 Å². The van der Waals surface area contributed by atoms with Crippen LogP contribution in [0.3, 0.4) is 0 Å². The van der Waals surface area contributed by atoms with Gasteiger partial charge in [0.15, 0.2) is 0 Å². The van der Waals surface area contributed by atoms with E-state index in [0.29, 0.717) is 25.0 Å². The molecular formula is C16H21N3O2. The minimum atomic E-state index is 0.515. The molecule has 0 aliphatic heterocycles. The first-order valence-corrected chi connectivity index (χ1v) is 7.41. The molecular weight excluding hydrogens is 266 g/mol. The Morgan fingerprint density at radius 3 is 2.95 bits per heavy atom. The lowest BCUT2D eigenvalue weighted by Crippen LogP contribution is -2.24. The smallest absolute Gasteiger partial charge is 0.230 e. The first-order valence-electron chi connectivity index (χ1n) is 7.41. The van der Waals surface area contributed by atoms with Crippen LogP contribution in [-0.2, 0) is 6.54 Å². The molecule has 0 amide bonds. The Labute approximate surface area is 124 Å². The highest BCUT2D eigenvalue weighted by Gasteiger charge is 2.29. The normalized spacial score (nSPS) is 14.6. The van der Waals surface area contributed by atoms with Crippen LogP contribution in [0, 0.1) is 6.92 Å². The van der Waals surface area contributed by atoms with Crippen molar-refractivity contribution in [1.29, 1.82) is 0 Å². The Morgan fingerprint density at radius 2 is 2.19 bits per heavy atom. The summed E-state index contributed by atoms with van der Waals surface area (Å²) in [5, 5.41) is 8.19. The quantitative estimate of drug-likeness (QED) is 0.783. The van der Waals surface area contributed by atoms with Gasteiger partial charge < -0.3 is 9.15 Å². The van der Waals surface area contributed by atoms with E-state index in [2.05, 4.69) is 28.1 Å². The number of benzene rings is 1. The minimum absolute atomic E-state index is 0.515. The lowest BCUT2D eigenvalue weighted by molar-refractivity contribution is 0.218. The molecule has 2 aromatic rings. The Bertz CT molecular complexity index is 593. The van der Waals surface area contributed by atoms with E-state index in [0.717, 1.165) is 18.2 Å². The molecule has 0 bridgehead atoms. The zero-order valence-corrected chi connectivity index (χ0v) is 12.6. The Hall–Kier alpha value is -1.88. The molecule has 0 radical (unpaired) electrons. The molecule has 1 fully saturated rings. The predicted octanol–water partition coefficient (Wildman–Crippen LogP) is 2.77. The zero-order chi connectivity index (χ0) is 14.7. The van der Waals surface area contributed by atoms with Crippen LogP contribution in [0.2, 0.25) is 0 Å². The number of aryl methyl sites for hydroxylation is 1. The van der Waals surface area contributed by atoms with Crippen LogP contribution < -0.4 is 4.74 Å². The van der Waals surface area contributed by atoms with E-state index in [9.17, 15) is 0 Å². The van der Waals surface area contributed by atoms with E-state index in [1.54, 1.807) is 0 Å². The van der Waals surface area contributed by atoms with Crippen LogP contribution >= 0.6 is 0 Å². The van der Waals surface area contributed by atoms with Gasteiger partial charge in [-0.1, -0.05) is 12.1 Å². The van der Waals surface area contributed by atoms with Crippen LogP contribution in [0.1, 0.15) is 36.1 Å². The number of nitrogens with zero attached hydrogens (tertiary/aromatic N) is 3. The van der Waals surface area contributed by atoms with E-state index < -0.39 is 0 Å². The SMILES string of the molecule is Cc1cccc(OCCN(C)Cc2nnc(C3CC3)o2)c1. The van der Waals surface area contributed by atoms with Crippen LogP contribution in [0.25, 0.3) is 0 Å². The van der Waals surface area contributed by atoms with Crippen molar-refractivity contribution in [3.05, 3.63) is 41.6 Å². The maximum absolute atomic E-state index is 5.74. The summed E-state index contributed by atoms with van der Waals surface area (Å²) in [5.74, 6) is 2.92. The Balaban J connectivity index is 1.42. The molecule has 0 unspecified atom stereocenters. The van der Waals surface area contributed by atoms with Gasteiger partial charge in [0.1, 0.15) is 12.4 Å². The summed E-state index contributed by atoms with van der Waals surface area (Å²) in [5.41, 5.74) is 1.21. The highest BCUT2D eigenvalue weighted by atomic mass is 16.5. The molecule has 5 heteroatoms. The molecule has 1 heterocycles. The van der Waals surface area contributed by atoms with Crippen LogP contribution in [-0.4, -0.2) is 35.3 Å². The van der Waals surface area contributed by atoms with Crippen molar-refractivity contribution >= 4 is 0 Å². The standard InChI is InChI=1S/C16H21N3O2/c1-12-4-3-5-14(10-12)20-9-8-19(2)11-15-17-18-16(21-15)13-6-7-13/h3-5,10,13H,6-9,11H2,1-2H3. The maximum atomic E-state index is 5.74. The molecule has 1 aliphatic carbocycles. The van der Waals surface area contributed by atoms with Crippen molar-refractivity contribution < 1.29 is 9.15 Å². The minimum Gasteiger partial charge on any atom is -0.492 e. The summed E-state index contributed by atoms with van der Waals surface area (Å²) >= 11 is 0. The van der Waals surface area contributed by atoms with Gasteiger partial charge in [0, 0.05) is 12.5 Å². The van der Waals surface area contributed by atoms with Gasteiger partial charge in [-0.05, 0) is 44.5 Å². The average molecular weight is 287 g/mol. The zero-order valence-electron chi connectivity index (χ0n) is 12.6. The van der Waals surface area contributed by atoms with Crippen molar-refractivity contribution in [1.82, 2.24) is 15.1 Å². The molecule has 21 heavy (non-hydrogen) atoms. The van der Waals surface area contributed by atoms with Gasteiger partial charge in [-0.2, -0.15) is 0 Å². The fraction of sp³-hybridized carbons (Fsp3) is 0.500. The van der Waals surface area contributed by atoms with E-state index >= 15 is 0 Å². The van der Waals surface area contributed by atoms with Gasteiger partial charge in [-0.25, -0.2) is 0 Å². The van der Waals surface area contributed by atoms with Crippen molar-refractivity contribution in [2.75, 3.05) is 20.2 Å². The maximum Gasteiger partial charge on any atom is 0.230 e. The second-order valence-corrected chi connectivity index (χ2v) is 5.71. The molecule has 0 saturated heterocycles. The molecule has 0 atom stereocenters. The summed E-state index contributed by atoms with van der Waals surface area (Å²) in [6.07, 6.45) is 2.36. The molecule has 5 nitrogen and oxygen atoms in total. The van der Waals surface area contributed by atoms with Crippen molar-refractivity contribution in [2.45, 2.75) is 32.2 Å². The van der Waals surface area contributed by atoms with Crippen molar-refractivity contribution in [2.24, 2.45) is 0 Å². The van der Waals surface area contributed by atoms with Gasteiger partial charge in [0.2, 0.25) is 11.8 Å². The number of hydrogen-bond donors (Lipinski definition) is 0. The average Bonchev–Trinajstić information content (AvgIpc) is 3.20. The van der Waals surface area contributed by atoms with Gasteiger partial charge in [-0.3, -0.25) is 4.90 Å². The van der Waals surface area contributed by atoms with E-state index in [4.69, 9.17) is 9.15 Å². The topological polar surface area (TPSA) is 51.4 Å². The van der Waals surface area contributed by atoms with E-state index in [-0.39, 0.29) is 0 Å². The number of hydrogen-bond acceptors (Lipinski definition) is 5. The van der Waals surface area contributed by atoms with Gasteiger partial charge >= 0.3 is 0 Å². The fourth-order valence-electron chi connectivity index (χ4n) is 2.16. The molecule has 1 aromatic carbocycles. The van der Waals surface area contributed by atoms with Crippen molar-refractivity contribution in [3.8, 4) is 5.75 Å². The summed E-state index contributed by atoms with van der Waals surface area (Å²) in [7, 11) is 2.03. The van der Waals surface area contributed by atoms with Gasteiger partial charge in [0.25, 0.3) is 0 Å². The van der Waals surface area contributed by atoms with E-state index in [1.807, 2.05) is 25.2 Å². The monoisotopic (exact) mass is 287 g/mol. The lowest BCUT2D eigenvalue weighted by atomic mass is 10.2. The first-order chi connectivity index (χ1) is 10.2. The molecule has 3 rings (SSSR count). The second-order valence-electron chi connectivity index (χ2n) is 5.71. The predicted molar refractivity (Wildman–Crippen MR) is 79.3 cm³/mol. The van der Waals surface area contributed by atoms with Crippen molar-refractivity contribution in [3.63, 3.8) is 0 Å². The molecule has 0 N–H and O–H groups in total. The number of likely N-dealkylation sites (N-methyl/N-ethyl adjacent to an activating group) is 1. The third-order valence-electron chi connectivity index (χ3n) is 3.55. The Morgan fingerprint density at radius 1 is 1.33 bits per heavy atom. The van der Waals surface area contributed by atoms with Gasteiger partial charge in [0.05, 0.1) is 6.54 Å². The third-order valence-corrected chi connectivity index (χ3v) is 3.55. The summed E-state index contributed by atoms with van der Waals surface area (Å²) in [6.45, 7) is 4.18. The molecule has 1 aromatic heterocycles. The molecule has 112 valence electrons. The highest BCUT2D eigenvalue weighted by molar-refractivity contribution is 5.27. The Kier molecular flexibility index (Phi) is 4.20. The van der Waals surface area contributed by atoms with Crippen LogP contribution in [0.4, 0.5) is 0 Å². The van der Waals surface area contributed by atoms with Crippen LogP contribution in [0.15, 0.2) is 28.7 Å². The molecule has 1 saturated carbocycles. The van der Waals surface area contributed by atoms with Crippen LogP contribution in [0.5, 0.6) is 5.75 Å². The second kappa shape index (κ2) is 6.26. The summed E-state index contributed by atoms with van der Waals surface area (Å²) in [6, 6.07) is 8.09. The lowest BCUT2D eigenvalue weighted by Gasteiger charge is -2.14. The van der Waals surface area contributed by atoms with Gasteiger partial charge in [-0.15, -0.1) is 10.2 Å². The fourth-order valence-corrected chi connectivity index (χ4v) is 2.16.